The molecular formula is C13H17F2NO4S. The lowest BCUT2D eigenvalue weighted by molar-refractivity contribution is 0.110. The first-order valence-electron chi connectivity index (χ1n) is 6.38. The summed E-state index contributed by atoms with van der Waals surface area (Å²) in [5.74, 6) is -2.28. The molecule has 1 aliphatic heterocycles. The predicted molar refractivity (Wildman–Crippen MR) is 71.3 cm³/mol. The lowest BCUT2D eigenvalue weighted by atomic mass is 10.2. The SMILES string of the molecule is COC[C@@H]1C[C@H](OC)CN1S(=O)(=O)c1ccc(F)c(F)c1. The van der Waals surface area contributed by atoms with Crippen molar-refractivity contribution >= 4 is 10.0 Å². The van der Waals surface area contributed by atoms with Crippen LogP contribution in [0, 0.1) is 11.6 Å². The molecule has 1 aromatic rings. The highest BCUT2D eigenvalue weighted by atomic mass is 32.2. The van der Waals surface area contributed by atoms with Crippen LogP contribution in [0.1, 0.15) is 6.42 Å². The second kappa shape index (κ2) is 6.35. The van der Waals surface area contributed by atoms with E-state index >= 15 is 0 Å². The highest BCUT2D eigenvalue weighted by Crippen LogP contribution is 2.28. The first kappa shape index (κ1) is 16.3. The number of benzene rings is 1. The molecular weight excluding hydrogens is 304 g/mol. The summed E-state index contributed by atoms with van der Waals surface area (Å²) in [6, 6.07) is 2.15. The van der Waals surface area contributed by atoms with Crippen molar-refractivity contribution in [3.05, 3.63) is 29.8 Å². The first-order chi connectivity index (χ1) is 9.90. The maximum absolute atomic E-state index is 13.3. The molecule has 0 aliphatic carbocycles. The predicted octanol–water partition coefficient (Wildman–Crippen LogP) is 1.39. The minimum absolute atomic E-state index is 0.159. The van der Waals surface area contributed by atoms with Gasteiger partial charge in [0.2, 0.25) is 10.0 Å². The Balaban J connectivity index is 2.34. The minimum Gasteiger partial charge on any atom is -0.383 e. The van der Waals surface area contributed by atoms with E-state index in [1.54, 1.807) is 0 Å². The first-order valence-corrected chi connectivity index (χ1v) is 7.82. The maximum atomic E-state index is 13.3. The van der Waals surface area contributed by atoms with Gasteiger partial charge in [-0.25, -0.2) is 17.2 Å². The van der Waals surface area contributed by atoms with Gasteiger partial charge in [-0.05, 0) is 24.6 Å². The Kier molecular flexibility index (Phi) is 4.92. The summed E-state index contributed by atoms with van der Waals surface area (Å²) in [7, 11) is -0.949. The van der Waals surface area contributed by atoms with Crippen molar-refractivity contribution < 1.29 is 26.7 Å². The summed E-state index contributed by atoms with van der Waals surface area (Å²) in [6.07, 6.45) is 0.248. The van der Waals surface area contributed by atoms with E-state index in [9.17, 15) is 17.2 Å². The van der Waals surface area contributed by atoms with E-state index in [2.05, 4.69) is 0 Å². The largest absolute Gasteiger partial charge is 0.383 e. The van der Waals surface area contributed by atoms with E-state index in [4.69, 9.17) is 9.47 Å². The third kappa shape index (κ3) is 3.23. The Morgan fingerprint density at radius 2 is 2.00 bits per heavy atom. The summed E-state index contributed by atoms with van der Waals surface area (Å²) in [5.41, 5.74) is 0. The summed E-state index contributed by atoms with van der Waals surface area (Å²) in [4.78, 5) is -0.278. The quantitative estimate of drug-likeness (QED) is 0.822. The molecule has 8 heteroatoms. The third-order valence-corrected chi connectivity index (χ3v) is 5.43. The normalized spacial score (nSPS) is 23.6. The number of hydrogen-bond donors (Lipinski definition) is 0. The van der Waals surface area contributed by atoms with Gasteiger partial charge in [-0.2, -0.15) is 4.31 Å². The molecule has 1 fully saturated rings. The molecule has 2 atom stereocenters. The average Bonchev–Trinajstić information content (AvgIpc) is 2.86. The van der Waals surface area contributed by atoms with Crippen molar-refractivity contribution in [2.24, 2.45) is 0 Å². The summed E-state index contributed by atoms with van der Waals surface area (Å²) in [6.45, 7) is 0.370. The van der Waals surface area contributed by atoms with E-state index in [-0.39, 0.29) is 24.2 Å². The summed E-state index contributed by atoms with van der Waals surface area (Å²) < 4.78 is 62.8. The molecule has 5 nitrogen and oxygen atoms in total. The van der Waals surface area contributed by atoms with Crippen LogP contribution in [0.2, 0.25) is 0 Å². The number of rotatable bonds is 5. The zero-order valence-corrected chi connectivity index (χ0v) is 12.6. The van der Waals surface area contributed by atoms with Crippen LogP contribution in [0.4, 0.5) is 8.78 Å². The molecule has 0 amide bonds. The molecule has 0 spiro atoms. The van der Waals surface area contributed by atoms with Crippen molar-refractivity contribution in [2.75, 3.05) is 27.4 Å². The Morgan fingerprint density at radius 1 is 1.29 bits per heavy atom. The number of sulfonamides is 1. The number of hydrogen-bond acceptors (Lipinski definition) is 4. The van der Waals surface area contributed by atoms with Crippen molar-refractivity contribution in [2.45, 2.75) is 23.5 Å². The van der Waals surface area contributed by atoms with Crippen LogP contribution >= 0.6 is 0 Å². The highest BCUT2D eigenvalue weighted by Gasteiger charge is 2.40. The van der Waals surface area contributed by atoms with E-state index in [0.29, 0.717) is 12.5 Å². The fourth-order valence-electron chi connectivity index (χ4n) is 2.43. The Labute approximate surface area is 122 Å². The summed E-state index contributed by atoms with van der Waals surface area (Å²) >= 11 is 0. The topological polar surface area (TPSA) is 55.8 Å². The smallest absolute Gasteiger partial charge is 0.243 e. The zero-order chi connectivity index (χ0) is 15.6. The molecule has 0 unspecified atom stereocenters. The molecule has 21 heavy (non-hydrogen) atoms. The molecule has 0 N–H and O–H groups in total. The highest BCUT2D eigenvalue weighted by molar-refractivity contribution is 7.89. The van der Waals surface area contributed by atoms with Crippen LogP contribution in [0.3, 0.4) is 0 Å². The zero-order valence-electron chi connectivity index (χ0n) is 11.8. The number of methoxy groups -OCH3 is 2. The van der Waals surface area contributed by atoms with Crippen LogP contribution in [0.25, 0.3) is 0 Å². The molecule has 0 bridgehead atoms. The van der Waals surface area contributed by atoms with Gasteiger partial charge in [0.15, 0.2) is 11.6 Å². The van der Waals surface area contributed by atoms with Crippen LogP contribution in [-0.2, 0) is 19.5 Å². The number of halogens is 2. The van der Waals surface area contributed by atoms with Gasteiger partial charge in [0.05, 0.1) is 23.6 Å². The van der Waals surface area contributed by atoms with Crippen molar-refractivity contribution in [1.29, 1.82) is 0 Å². The van der Waals surface area contributed by atoms with Gasteiger partial charge in [-0.15, -0.1) is 0 Å². The van der Waals surface area contributed by atoms with Crippen LogP contribution in [0.15, 0.2) is 23.1 Å². The lowest BCUT2D eigenvalue weighted by Crippen LogP contribution is -2.38. The van der Waals surface area contributed by atoms with E-state index in [1.165, 1.54) is 18.5 Å². The second-order valence-corrected chi connectivity index (χ2v) is 6.74. The number of ether oxygens (including phenoxy) is 2. The molecule has 1 saturated heterocycles. The molecule has 0 radical (unpaired) electrons. The van der Waals surface area contributed by atoms with Gasteiger partial charge in [-0.1, -0.05) is 0 Å². The molecule has 1 heterocycles. The van der Waals surface area contributed by atoms with Crippen LogP contribution in [0.5, 0.6) is 0 Å². The second-order valence-electron chi connectivity index (χ2n) is 4.85. The molecule has 0 saturated carbocycles. The standard InChI is InChI=1S/C13H17F2NO4S/c1-19-8-9-5-10(20-2)7-16(9)21(17,18)11-3-4-12(14)13(15)6-11/h3-4,6,9-10H,5,7-8H2,1-2H3/t9-,10-/m0/s1. The van der Waals surface area contributed by atoms with Gasteiger partial charge in [0.25, 0.3) is 0 Å². The van der Waals surface area contributed by atoms with Gasteiger partial charge in [0, 0.05) is 20.8 Å². The van der Waals surface area contributed by atoms with Gasteiger partial charge in [0.1, 0.15) is 0 Å². The van der Waals surface area contributed by atoms with Crippen molar-refractivity contribution in [1.82, 2.24) is 4.31 Å². The fraction of sp³-hybridized carbons (Fsp3) is 0.538. The van der Waals surface area contributed by atoms with Crippen molar-refractivity contribution in [3.8, 4) is 0 Å². The third-order valence-electron chi connectivity index (χ3n) is 3.52. The monoisotopic (exact) mass is 321 g/mol. The summed E-state index contributed by atoms with van der Waals surface area (Å²) in [5, 5.41) is 0. The Hall–Kier alpha value is -1.09. The average molecular weight is 321 g/mol. The fourth-order valence-corrected chi connectivity index (χ4v) is 4.09. The van der Waals surface area contributed by atoms with Crippen LogP contribution in [-0.4, -0.2) is 52.2 Å². The molecule has 2 rings (SSSR count). The molecule has 118 valence electrons. The number of nitrogens with zero attached hydrogens (tertiary/aromatic N) is 1. The minimum atomic E-state index is -3.93. The van der Waals surface area contributed by atoms with Crippen LogP contribution < -0.4 is 0 Å². The van der Waals surface area contributed by atoms with Crippen molar-refractivity contribution in [3.63, 3.8) is 0 Å². The van der Waals surface area contributed by atoms with Gasteiger partial charge < -0.3 is 9.47 Å². The molecule has 1 aromatic carbocycles. The molecule has 1 aliphatic rings. The van der Waals surface area contributed by atoms with E-state index in [0.717, 1.165) is 12.1 Å². The lowest BCUT2D eigenvalue weighted by Gasteiger charge is -2.23. The molecule has 0 aromatic heterocycles. The Bertz CT molecular complexity index is 608. The van der Waals surface area contributed by atoms with E-state index in [1.807, 2.05) is 0 Å². The van der Waals surface area contributed by atoms with Gasteiger partial charge >= 0.3 is 0 Å². The van der Waals surface area contributed by atoms with E-state index < -0.39 is 27.7 Å². The Morgan fingerprint density at radius 3 is 2.57 bits per heavy atom. The van der Waals surface area contributed by atoms with Gasteiger partial charge in [-0.3, -0.25) is 0 Å². The maximum Gasteiger partial charge on any atom is 0.243 e.